The van der Waals surface area contributed by atoms with E-state index in [1.807, 2.05) is 18.2 Å². The van der Waals surface area contributed by atoms with Gasteiger partial charge in [-0.25, -0.2) is 0 Å². The predicted octanol–water partition coefficient (Wildman–Crippen LogP) is 1.26. The van der Waals surface area contributed by atoms with Gasteiger partial charge in [0.2, 0.25) is 0 Å². The van der Waals surface area contributed by atoms with Gasteiger partial charge in [0.15, 0.2) is 0 Å². The Hall–Kier alpha value is -1.62. The number of aromatic nitrogens is 1. The van der Waals surface area contributed by atoms with Crippen LogP contribution in [0.15, 0.2) is 29.6 Å². The van der Waals surface area contributed by atoms with Gasteiger partial charge in [0, 0.05) is 18.7 Å². The van der Waals surface area contributed by atoms with Gasteiger partial charge in [-0.05, 0) is 32.0 Å². The molecule has 0 fully saturated rings. The predicted molar refractivity (Wildman–Crippen MR) is 63.3 cm³/mol. The maximum Gasteiger partial charge on any atom is 0.139 e. The zero-order valence-electron chi connectivity index (χ0n) is 9.43. The van der Waals surface area contributed by atoms with E-state index in [9.17, 15) is 0 Å². The molecule has 0 aliphatic heterocycles. The van der Waals surface area contributed by atoms with Crippen LogP contribution in [0.2, 0.25) is 0 Å². The van der Waals surface area contributed by atoms with Crippen LogP contribution >= 0.6 is 0 Å². The largest absolute Gasteiger partial charge is 0.409 e. The fraction of sp³-hybridized carbons (Fsp3) is 0.455. The topological polar surface area (TPSA) is 83.5 Å². The number of nitrogens with two attached hydrogens (primary N) is 1. The van der Waals surface area contributed by atoms with Crippen molar-refractivity contribution in [2.45, 2.75) is 25.8 Å². The van der Waals surface area contributed by atoms with Crippen LogP contribution < -0.4 is 11.1 Å². The lowest BCUT2D eigenvalue weighted by Crippen LogP contribution is -2.22. The Morgan fingerprint density at radius 1 is 1.62 bits per heavy atom. The molecule has 88 valence electrons. The molecule has 5 heteroatoms. The van der Waals surface area contributed by atoms with E-state index in [0.717, 1.165) is 18.7 Å². The summed E-state index contributed by atoms with van der Waals surface area (Å²) in [6, 6.07) is 6.07. The Labute approximate surface area is 95.4 Å². The first-order valence-electron chi connectivity index (χ1n) is 5.34. The van der Waals surface area contributed by atoms with Gasteiger partial charge >= 0.3 is 0 Å². The lowest BCUT2D eigenvalue weighted by molar-refractivity contribution is 0.316. The Balaban J connectivity index is 2.23. The van der Waals surface area contributed by atoms with E-state index in [1.165, 1.54) is 0 Å². The van der Waals surface area contributed by atoms with Gasteiger partial charge < -0.3 is 16.3 Å². The molecule has 0 unspecified atom stereocenters. The Morgan fingerprint density at radius 2 is 2.44 bits per heavy atom. The van der Waals surface area contributed by atoms with Crippen LogP contribution in [0.3, 0.4) is 0 Å². The van der Waals surface area contributed by atoms with Gasteiger partial charge in [0.25, 0.3) is 0 Å². The Bertz CT molecular complexity index is 326. The number of hydrogen-bond acceptors (Lipinski definition) is 4. The molecule has 1 rings (SSSR count). The minimum Gasteiger partial charge on any atom is -0.409 e. The van der Waals surface area contributed by atoms with Crippen molar-refractivity contribution in [3.8, 4) is 0 Å². The number of amidine groups is 1. The van der Waals surface area contributed by atoms with Crippen molar-refractivity contribution in [1.82, 2.24) is 10.3 Å². The molecule has 1 aromatic rings. The van der Waals surface area contributed by atoms with Crippen LogP contribution in [0.4, 0.5) is 0 Å². The molecule has 5 nitrogen and oxygen atoms in total. The van der Waals surface area contributed by atoms with Crippen LogP contribution in [0.5, 0.6) is 0 Å². The van der Waals surface area contributed by atoms with Gasteiger partial charge in [0.1, 0.15) is 5.84 Å². The first-order chi connectivity index (χ1) is 7.74. The number of nitrogens with one attached hydrogen (secondary N) is 1. The summed E-state index contributed by atoms with van der Waals surface area (Å²) < 4.78 is 0. The van der Waals surface area contributed by atoms with Crippen LogP contribution in [-0.4, -0.2) is 22.6 Å². The minimum atomic E-state index is 0.216. The summed E-state index contributed by atoms with van der Waals surface area (Å²) in [5, 5.41) is 14.6. The van der Waals surface area contributed by atoms with E-state index in [0.29, 0.717) is 6.42 Å². The van der Waals surface area contributed by atoms with E-state index in [2.05, 4.69) is 22.4 Å². The average molecular weight is 222 g/mol. The van der Waals surface area contributed by atoms with Crippen molar-refractivity contribution >= 4 is 5.84 Å². The molecule has 0 amide bonds. The van der Waals surface area contributed by atoms with Gasteiger partial charge in [-0.2, -0.15) is 0 Å². The summed E-state index contributed by atoms with van der Waals surface area (Å²) in [5.41, 5.74) is 6.38. The maximum absolute atomic E-state index is 8.35. The van der Waals surface area contributed by atoms with Crippen molar-refractivity contribution < 1.29 is 5.21 Å². The van der Waals surface area contributed by atoms with Gasteiger partial charge in [-0.1, -0.05) is 11.2 Å². The molecular formula is C11H18N4O. The number of nitrogens with zero attached hydrogens (tertiary/aromatic N) is 2. The second-order valence-corrected chi connectivity index (χ2v) is 3.63. The van der Waals surface area contributed by atoms with E-state index in [1.54, 1.807) is 6.20 Å². The van der Waals surface area contributed by atoms with Gasteiger partial charge in [-0.15, -0.1) is 0 Å². The first kappa shape index (κ1) is 12.4. The minimum absolute atomic E-state index is 0.216. The Kier molecular flexibility index (Phi) is 5.28. The average Bonchev–Trinajstić information content (AvgIpc) is 2.35. The zero-order valence-corrected chi connectivity index (χ0v) is 9.43. The van der Waals surface area contributed by atoms with Crippen LogP contribution in [-0.2, 0) is 0 Å². The van der Waals surface area contributed by atoms with Crippen molar-refractivity contribution in [2.24, 2.45) is 10.9 Å². The quantitative estimate of drug-likeness (QED) is 0.222. The molecule has 0 saturated heterocycles. The highest BCUT2D eigenvalue weighted by Crippen LogP contribution is 2.07. The van der Waals surface area contributed by atoms with Crippen molar-refractivity contribution in [3.05, 3.63) is 30.1 Å². The number of rotatable bonds is 6. The van der Waals surface area contributed by atoms with E-state index in [4.69, 9.17) is 10.9 Å². The van der Waals surface area contributed by atoms with E-state index < -0.39 is 0 Å². The van der Waals surface area contributed by atoms with Crippen molar-refractivity contribution in [1.29, 1.82) is 0 Å². The number of hydrogen-bond donors (Lipinski definition) is 3. The third-order valence-electron chi connectivity index (χ3n) is 2.32. The van der Waals surface area contributed by atoms with E-state index in [-0.39, 0.29) is 11.9 Å². The monoisotopic (exact) mass is 222 g/mol. The molecule has 0 aliphatic carbocycles. The normalized spacial score (nSPS) is 13.7. The van der Waals surface area contributed by atoms with Crippen LogP contribution in [0, 0.1) is 0 Å². The molecule has 4 N–H and O–H groups in total. The number of oxime groups is 1. The Morgan fingerprint density at radius 3 is 3.06 bits per heavy atom. The zero-order chi connectivity index (χ0) is 11.8. The highest BCUT2D eigenvalue weighted by molar-refractivity contribution is 5.79. The molecular weight excluding hydrogens is 204 g/mol. The SMILES string of the molecule is C[C@H](NCCC/C(N)=N/O)c1ccccn1. The molecule has 16 heavy (non-hydrogen) atoms. The molecule has 1 heterocycles. The van der Waals surface area contributed by atoms with Crippen LogP contribution in [0.1, 0.15) is 31.5 Å². The molecule has 0 aromatic carbocycles. The molecule has 0 radical (unpaired) electrons. The summed E-state index contributed by atoms with van der Waals surface area (Å²) in [6.45, 7) is 2.87. The standard InChI is InChI=1S/C11H18N4O/c1-9(10-5-2-3-7-14-10)13-8-4-6-11(12)15-16/h2-3,5,7,9,13,16H,4,6,8H2,1H3,(H2,12,15)/t9-/m0/s1. The van der Waals surface area contributed by atoms with Gasteiger partial charge in [-0.3, -0.25) is 4.98 Å². The van der Waals surface area contributed by atoms with Crippen molar-refractivity contribution in [2.75, 3.05) is 6.54 Å². The summed E-state index contributed by atoms with van der Waals surface area (Å²) in [6.07, 6.45) is 3.22. The molecule has 0 bridgehead atoms. The fourth-order valence-corrected chi connectivity index (χ4v) is 1.37. The fourth-order valence-electron chi connectivity index (χ4n) is 1.37. The van der Waals surface area contributed by atoms with Gasteiger partial charge in [0.05, 0.1) is 5.69 Å². The smallest absolute Gasteiger partial charge is 0.139 e. The molecule has 0 saturated carbocycles. The molecule has 1 aromatic heterocycles. The summed E-state index contributed by atoms with van der Waals surface area (Å²) >= 11 is 0. The summed E-state index contributed by atoms with van der Waals surface area (Å²) in [4.78, 5) is 4.26. The maximum atomic E-state index is 8.35. The third-order valence-corrected chi connectivity index (χ3v) is 2.32. The summed E-state index contributed by atoms with van der Waals surface area (Å²) in [7, 11) is 0. The number of pyridine rings is 1. The second-order valence-electron chi connectivity index (χ2n) is 3.63. The third kappa shape index (κ3) is 4.27. The highest BCUT2D eigenvalue weighted by atomic mass is 16.4. The van der Waals surface area contributed by atoms with E-state index >= 15 is 0 Å². The first-order valence-corrected chi connectivity index (χ1v) is 5.34. The summed E-state index contributed by atoms with van der Waals surface area (Å²) in [5.74, 6) is 0.271. The molecule has 0 aliphatic rings. The lowest BCUT2D eigenvalue weighted by Gasteiger charge is -2.12. The molecule has 0 spiro atoms. The second kappa shape index (κ2) is 6.79. The van der Waals surface area contributed by atoms with Crippen molar-refractivity contribution in [3.63, 3.8) is 0 Å². The lowest BCUT2D eigenvalue weighted by atomic mass is 10.2. The highest BCUT2D eigenvalue weighted by Gasteiger charge is 2.04. The molecule has 1 atom stereocenters. The van der Waals surface area contributed by atoms with Crippen LogP contribution in [0.25, 0.3) is 0 Å².